The molecule has 0 saturated carbocycles. The Morgan fingerprint density at radius 2 is 2.00 bits per heavy atom. The molecule has 1 aliphatic heterocycles. The number of carbonyl (C=O) groups is 1. The first-order chi connectivity index (χ1) is 7.52. The van der Waals surface area contributed by atoms with E-state index in [0.717, 1.165) is 32.6 Å². The van der Waals surface area contributed by atoms with Gasteiger partial charge in [-0.15, -0.1) is 0 Å². The second-order valence-electron chi connectivity index (χ2n) is 5.24. The molecule has 0 aliphatic carbocycles. The zero-order valence-electron chi connectivity index (χ0n) is 10.6. The van der Waals surface area contributed by atoms with Crippen LogP contribution in [0.5, 0.6) is 0 Å². The van der Waals surface area contributed by atoms with Gasteiger partial charge in [0.2, 0.25) is 5.91 Å². The Bertz CT molecular complexity index is 223. The molecule has 0 aromatic rings. The summed E-state index contributed by atoms with van der Waals surface area (Å²) < 4.78 is 5.33. The summed E-state index contributed by atoms with van der Waals surface area (Å²) in [4.78, 5) is 11.5. The predicted octanol–water partition coefficient (Wildman–Crippen LogP) is 0.917. The summed E-state index contributed by atoms with van der Waals surface area (Å²) in [5.41, 5.74) is 0.214. The Hall–Kier alpha value is -0.610. The van der Waals surface area contributed by atoms with Crippen molar-refractivity contribution >= 4 is 5.91 Å². The average Bonchev–Trinajstić information content (AvgIpc) is 2.25. The van der Waals surface area contributed by atoms with E-state index < -0.39 is 0 Å². The smallest absolute Gasteiger partial charge is 0.233 e. The van der Waals surface area contributed by atoms with E-state index in [1.165, 1.54) is 0 Å². The lowest BCUT2D eigenvalue weighted by Gasteiger charge is -2.33. The van der Waals surface area contributed by atoms with Crippen LogP contribution in [-0.4, -0.2) is 38.3 Å². The molecule has 0 aromatic heterocycles. The first-order valence-electron chi connectivity index (χ1n) is 6.10. The molecule has 4 nitrogen and oxygen atoms in total. The molecule has 1 saturated heterocycles. The highest BCUT2D eigenvalue weighted by Crippen LogP contribution is 2.28. The third-order valence-corrected chi connectivity index (χ3v) is 3.08. The van der Waals surface area contributed by atoms with Gasteiger partial charge in [-0.05, 0) is 18.3 Å². The van der Waals surface area contributed by atoms with Gasteiger partial charge in [0.1, 0.15) is 0 Å². The molecule has 2 N–H and O–H groups in total. The van der Waals surface area contributed by atoms with Gasteiger partial charge in [0.25, 0.3) is 0 Å². The van der Waals surface area contributed by atoms with Gasteiger partial charge in [0, 0.05) is 25.8 Å². The van der Waals surface area contributed by atoms with E-state index in [1.54, 1.807) is 0 Å². The van der Waals surface area contributed by atoms with Gasteiger partial charge in [0.05, 0.1) is 6.54 Å². The van der Waals surface area contributed by atoms with Crippen molar-refractivity contribution in [2.24, 2.45) is 5.41 Å². The van der Waals surface area contributed by atoms with Gasteiger partial charge in [-0.1, -0.05) is 20.8 Å². The maximum Gasteiger partial charge on any atom is 0.233 e. The van der Waals surface area contributed by atoms with E-state index in [9.17, 15) is 4.79 Å². The minimum absolute atomic E-state index is 0.0846. The summed E-state index contributed by atoms with van der Waals surface area (Å²) in [6, 6.07) is 0.351. The number of hydrogen-bond acceptors (Lipinski definition) is 3. The lowest BCUT2D eigenvalue weighted by molar-refractivity contribution is -0.121. The SMILES string of the molecule is CC(C)NCC(=O)NCC1(C)CCOCC1. The van der Waals surface area contributed by atoms with E-state index in [4.69, 9.17) is 4.74 Å². The Labute approximate surface area is 98.1 Å². The largest absolute Gasteiger partial charge is 0.381 e. The third-order valence-electron chi connectivity index (χ3n) is 3.08. The number of rotatable bonds is 5. The van der Waals surface area contributed by atoms with Gasteiger partial charge in [-0.25, -0.2) is 0 Å². The average molecular weight is 228 g/mol. The van der Waals surface area contributed by atoms with Crippen LogP contribution in [0.15, 0.2) is 0 Å². The van der Waals surface area contributed by atoms with Crippen LogP contribution in [0.25, 0.3) is 0 Å². The molecule has 0 spiro atoms. The number of amides is 1. The molecule has 94 valence electrons. The molecule has 0 radical (unpaired) electrons. The van der Waals surface area contributed by atoms with Crippen LogP contribution < -0.4 is 10.6 Å². The highest BCUT2D eigenvalue weighted by molar-refractivity contribution is 5.78. The van der Waals surface area contributed by atoms with Crippen molar-refractivity contribution in [3.05, 3.63) is 0 Å². The number of carbonyl (C=O) groups excluding carboxylic acids is 1. The van der Waals surface area contributed by atoms with Crippen LogP contribution in [0.1, 0.15) is 33.6 Å². The second kappa shape index (κ2) is 6.21. The highest BCUT2D eigenvalue weighted by Gasteiger charge is 2.27. The van der Waals surface area contributed by atoms with Gasteiger partial charge >= 0.3 is 0 Å². The molecule has 1 fully saturated rings. The van der Waals surface area contributed by atoms with Gasteiger partial charge in [0.15, 0.2) is 0 Å². The molecule has 0 unspecified atom stereocenters. The topological polar surface area (TPSA) is 50.4 Å². The first kappa shape index (κ1) is 13.5. The minimum Gasteiger partial charge on any atom is -0.381 e. The lowest BCUT2D eigenvalue weighted by Crippen LogP contribution is -2.43. The molecule has 1 heterocycles. The van der Waals surface area contributed by atoms with Crippen LogP contribution in [-0.2, 0) is 9.53 Å². The van der Waals surface area contributed by atoms with E-state index in [1.807, 2.05) is 13.8 Å². The van der Waals surface area contributed by atoms with E-state index in [0.29, 0.717) is 12.6 Å². The number of nitrogens with one attached hydrogen (secondary N) is 2. The Kier molecular flexibility index (Phi) is 5.22. The number of hydrogen-bond donors (Lipinski definition) is 2. The molecular formula is C12H24N2O2. The van der Waals surface area contributed by atoms with Crippen molar-refractivity contribution in [1.29, 1.82) is 0 Å². The molecular weight excluding hydrogens is 204 g/mol. The maximum atomic E-state index is 11.5. The molecule has 1 rings (SSSR count). The predicted molar refractivity (Wildman–Crippen MR) is 64.3 cm³/mol. The van der Waals surface area contributed by atoms with E-state index in [-0.39, 0.29) is 11.3 Å². The molecule has 16 heavy (non-hydrogen) atoms. The fourth-order valence-corrected chi connectivity index (χ4v) is 1.71. The summed E-state index contributed by atoms with van der Waals surface area (Å²) in [5, 5.41) is 6.10. The second-order valence-corrected chi connectivity index (χ2v) is 5.24. The Balaban J connectivity index is 2.19. The van der Waals surface area contributed by atoms with Crippen molar-refractivity contribution in [3.8, 4) is 0 Å². The normalized spacial score (nSPS) is 19.8. The molecule has 0 atom stereocenters. The van der Waals surface area contributed by atoms with Crippen LogP contribution in [0.2, 0.25) is 0 Å². The van der Waals surface area contributed by atoms with Crippen molar-refractivity contribution in [1.82, 2.24) is 10.6 Å². The van der Waals surface area contributed by atoms with Crippen molar-refractivity contribution in [3.63, 3.8) is 0 Å². The molecule has 0 bridgehead atoms. The summed E-state index contributed by atoms with van der Waals surface area (Å²) in [7, 11) is 0. The van der Waals surface area contributed by atoms with Gasteiger partial charge < -0.3 is 15.4 Å². The van der Waals surface area contributed by atoms with Crippen LogP contribution in [0.4, 0.5) is 0 Å². The zero-order valence-corrected chi connectivity index (χ0v) is 10.6. The van der Waals surface area contributed by atoms with Crippen LogP contribution in [0.3, 0.4) is 0 Å². The summed E-state index contributed by atoms with van der Waals surface area (Å²) in [6.07, 6.45) is 2.07. The Morgan fingerprint density at radius 1 is 1.38 bits per heavy atom. The highest BCUT2D eigenvalue weighted by atomic mass is 16.5. The fourth-order valence-electron chi connectivity index (χ4n) is 1.71. The summed E-state index contributed by atoms with van der Waals surface area (Å²) in [5.74, 6) is 0.0846. The molecule has 4 heteroatoms. The summed E-state index contributed by atoms with van der Waals surface area (Å²) in [6.45, 7) is 9.08. The fraction of sp³-hybridized carbons (Fsp3) is 0.917. The van der Waals surface area contributed by atoms with Crippen molar-refractivity contribution in [2.75, 3.05) is 26.3 Å². The maximum absolute atomic E-state index is 11.5. The van der Waals surface area contributed by atoms with E-state index in [2.05, 4.69) is 17.6 Å². The van der Waals surface area contributed by atoms with Crippen molar-refractivity contribution in [2.45, 2.75) is 39.7 Å². The quantitative estimate of drug-likeness (QED) is 0.735. The third kappa shape index (κ3) is 4.94. The Morgan fingerprint density at radius 3 is 2.56 bits per heavy atom. The first-order valence-corrected chi connectivity index (χ1v) is 6.10. The monoisotopic (exact) mass is 228 g/mol. The standard InChI is InChI=1S/C12H24N2O2/c1-10(2)13-8-11(15)14-9-12(3)4-6-16-7-5-12/h10,13H,4-9H2,1-3H3,(H,14,15). The van der Waals surface area contributed by atoms with Gasteiger partial charge in [-0.3, -0.25) is 4.79 Å². The van der Waals surface area contributed by atoms with Crippen LogP contribution in [0, 0.1) is 5.41 Å². The van der Waals surface area contributed by atoms with Gasteiger partial charge in [-0.2, -0.15) is 0 Å². The number of ether oxygens (including phenoxy) is 1. The minimum atomic E-state index is 0.0846. The van der Waals surface area contributed by atoms with Crippen molar-refractivity contribution < 1.29 is 9.53 Å². The summed E-state index contributed by atoms with van der Waals surface area (Å²) >= 11 is 0. The lowest BCUT2D eigenvalue weighted by atomic mass is 9.82. The van der Waals surface area contributed by atoms with E-state index >= 15 is 0 Å². The molecule has 1 amide bonds. The zero-order chi connectivity index (χ0) is 12.0. The van der Waals surface area contributed by atoms with Crippen LogP contribution >= 0.6 is 0 Å². The molecule has 1 aliphatic rings. The molecule has 0 aromatic carbocycles.